The van der Waals surface area contributed by atoms with Gasteiger partial charge in [-0.2, -0.15) is 4.98 Å². The molecule has 188 valence electrons. The predicted molar refractivity (Wildman–Crippen MR) is 138 cm³/mol. The summed E-state index contributed by atoms with van der Waals surface area (Å²) in [5, 5.41) is 39.4. The first kappa shape index (κ1) is 24.3. The molecule has 5 rings (SSSR count). The van der Waals surface area contributed by atoms with Crippen LogP contribution in [-0.4, -0.2) is 65.7 Å². The van der Waals surface area contributed by atoms with Crippen molar-refractivity contribution in [2.45, 2.75) is 77.2 Å². The van der Waals surface area contributed by atoms with Crippen LogP contribution < -0.4 is 10.6 Å². The van der Waals surface area contributed by atoms with Gasteiger partial charge in [0, 0.05) is 18.7 Å². The molecule has 9 nitrogen and oxygen atoms in total. The SMILES string of the molecule is Cc1nc(NCCC2CC2)nc(NC2C[C@H](C(C)(C)O)[C@@H](O)[C@H]2O)c1-c1nc2c(C)nccc2s1. The Morgan fingerprint density at radius 3 is 2.51 bits per heavy atom. The molecule has 5 N–H and O–H groups in total. The number of fused-ring (bicyclic) bond motifs is 1. The van der Waals surface area contributed by atoms with Crippen molar-refractivity contribution in [1.29, 1.82) is 0 Å². The van der Waals surface area contributed by atoms with Crippen LogP contribution in [0.5, 0.6) is 0 Å². The third-order valence-electron chi connectivity index (χ3n) is 7.24. The highest BCUT2D eigenvalue weighted by Gasteiger charge is 2.48. The van der Waals surface area contributed by atoms with Crippen molar-refractivity contribution in [3.8, 4) is 10.6 Å². The molecule has 4 atom stereocenters. The van der Waals surface area contributed by atoms with Gasteiger partial charge in [0.05, 0.1) is 39.4 Å². The molecule has 0 saturated heterocycles. The van der Waals surface area contributed by atoms with E-state index in [1.807, 2.05) is 19.9 Å². The molecule has 0 amide bonds. The maximum absolute atomic E-state index is 10.8. The Morgan fingerprint density at radius 1 is 1.09 bits per heavy atom. The van der Waals surface area contributed by atoms with E-state index in [1.54, 1.807) is 31.4 Å². The summed E-state index contributed by atoms with van der Waals surface area (Å²) < 4.78 is 1.03. The Kier molecular flexibility index (Phi) is 6.41. The van der Waals surface area contributed by atoms with Crippen LogP contribution in [0.25, 0.3) is 20.8 Å². The lowest BCUT2D eigenvalue weighted by Gasteiger charge is -2.28. The fraction of sp³-hybridized carbons (Fsp3) is 0.600. The Labute approximate surface area is 209 Å². The van der Waals surface area contributed by atoms with Gasteiger partial charge in [-0.3, -0.25) is 4.98 Å². The molecule has 35 heavy (non-hydrogen) atoms. The number of hydrogen-bond acceptors (Lipinski definition) is 10. The molecule has 0 bridgehead atoms. The Balaban J connectivity index is 1.51. The highest BCUT2D eigenvalue weighted by Crippen LogP contribution is 2.40. The second kappa shape index (κ2) is 9.24. The van der Waals surface area contributed by atoms with Gasteiger partial charge in [0.15, 0.2) is 0 Å². The zero-order chi connectivity index (χ0) is 24.9. The number of nitrogens with one attached hydrogen (secondary N) is 2. The van der Waals surface area contributed by atoms with Gasteiger partial charge < -0.3 is 26.0 Å². The van der Waals surface area contributed by atoms with E-state index in [9.17, 15) is 15.3 Å². The Morgan fingerprint density at radius 2 is 1.86 bits per heavy atom. The summed E-state index contributed by atoms with van der Waals surface area (Å²) in [5.41, 5.74) is 2.13. The van der Waals surface area contributed by atoms with E-state index >= 15 is 0 Å². The van der Waals surface area contributed by atoms with E-state index in [0.717, 1.165) is 51.1 Å². The van der Waals surface area contributed by atoms with E-state index in [2.05, 4.69) is 15.6 Å². The fourth-order valence-corrected chi connectivity index (χ4v) is 6.06. The monoisotopic (exact) mass is 498 g/mol. The standard InChI is InChI=1S/C25H34N6O3S/c1-12-18(23-30-19-13(2)26-10-8-17(19)35-23)22(31-24(28-12)27-9-7-14-5-6-14)29-16-11-15(25(3,4)34)20(32)21(16)33/h8,10,14-16,20-21,32-34H,5-7,9,11H2,1-4H3,(H2,27,28,29,31)/t15-,16?,20+,21-/m0/s1. The molecule has 10 heteroatoms. The number of nitrogens with zero attached hydrogens (tertiary/aromatic N) is 4. The van der Waals surface area contributed by atoms with E-state index < -0.39 is 29.8 Å². The van der Waals surface area contributed by atoms with E-state index in [-0.39, 0.29) is 0 Å². The van der Waals surface area contributed by atoms with Crippen LogP contribution in [0.3, 0.4) is 0 Å². The summed E-state index contributed by atoms with van der Waals surface area (Å²) in [6.07, 6.45) is 3.79. The molecule has 0 spiro atoms. The first-order chi connectivity index (χ1) is 16.6. The van der Waals surface area contributed by atoms with Gasteiger partial charge in [0.1, 0.15) is 22.4 Å². The smallest absolute Gasteiger partial charge is 0.224 e. The van der Waals surface area contributed by atoms with Gasteiger partial charge in [0.25, 0.3) is 0 Å². The van der Waals surface area contributed by atoms with Gasteiger partial charge >= 0.3 is 0 Å². The third kappa shape index (κ3) is 4.97. The highest BCUT2D eigenvalue weighted by molar-refractivity contribution is 7.21. The van der Waals surface area contributed by atoms with Gasteiger partial charge in [0.2, 0.25) is 5.95 Å². The predicted octanol–water partition coefficient (Wildman–Crippen LogP) is 3.27. The lowest BCUT2D eigenvalue weighted by molar-refractivity contribution is -0.0601. The minimum Gasteiger partial charge on any atom is -0.390 e. The zero-order valence-corrected chi connectivity index (χ0v) is 21.4. The minimum absolute atomic E-state index is 0.404. The van der Waals surface area contributed by atoms with Crippen molar-refractivity contribution in [3.05, 3.63) is 23.7 Å². The van der Waals surface area contributed by atoms with Gasteiger partial charge in [-0.15, -0.1) is 11.3 Å². The molecule has 2 aliphatic carbocycles. The van der Waals surface area contributed by atoms with Gasteiger partial charge in [-0.1, -0.05) is 12.8 Å². The summed E-state index contributed by atoms with van der Waals surface area (Å²) in [6.45, 7) is 8.00. The molecule has 2 aliphatic rings. The number of aliphatic hydroxyl groups excluding tert-OH is 2. The van der Waals surface area contributed by atoms with E-state index in [4.69, 9.17) is 15.0 Å². The normalized spacial score (nSPS) is 24.8. The van der Waals surface area contributed by atoms with E-state index in [0.29, 0.717) is 18.2 Å². The molecule has 0 radical (unpaired) electrons. The van der Waals surface area contributed by atoms with Crippen molar-refractivity contribution in [2.75, 3.05) is 17.2 Å². The van der Waals surface area contributed by atoms with Crippen molar-refractivity contribution in [1.82, 2.24) is 19.9 Å². The lowest BCUT2D eigenvalue weighted by Crippen LogP contribution is -2.40. The second-order valence-corrected chi connectivity index (χ2v) is 11.5. The molecule has 3 aromatic rings. The minimum atomic E-state index is -1.12. The number of pyridine rings is 1. The number of aliphatic hydroxyl groups is 3. The average molecular weight is 499 g/mol. The summed E-state index contributed by atoms with van der Waals surface area (Å²) in [4.78, 5) is 18.7. The third-order valence-corrected chi connectivity index (χ3v) is 8.28. The first-order valence-corrected chi connectivity index (χ1v) is 13.1. The van der Waals surface area contributed by atoms with Gasteiger partial charge in [-0.25, -0.2) is 9.97 Å². The van der Waals surface area contributed by atoms with Crippen LogP contribution in [-0.2, 0) is 0 Å². The summed E-state index contributed by atoms with van der Waals surface area (Å²) >= 11 is 1.55. The fourth-order valence-electron chi connectivity index (χ4n) is 4.95. The molecule has 2 saturated carbocycles. The molecule has 0 aromatic carbocycles. The topological polar surface area (TPSA) is 136 Å². The number of thiazole rings is 1. The number of rotatable bonds is 8. The second-order valence-electron chi connectivity index (χ2n) is 10.5. The number of hydrogen-bond donors (Lipinski definition) is 5. The maximum atomic E-state index is 10.8. The van der Waals surface area contributed by atoms with Crippen molar-refractivity contribution >= 4 is 33.3 Å². The van der Waals surface area contributed by atoms with Crippen molar-refractivity contribution in [2.24, 2.45) is 11.8 Å². The summed E-state index contributed by atoms with van der Waals surface area (Å²) in [7, 11) is 0. The van der Waals surface area contributed by atoms with Crippen molar-refractivity contribution < 1.29 is 15.3 Å². The molecular formula is C25H34N6O3S. The number of aromatic nitrogens is 4. The lowest BCUT2D eigenvalue weighted by atomic mass is 9.88. The highest BCUT2D eigenvalue weighted by atomic mass is 32.1. The van der Waals surface area contributed by atoms with E-state index in [1.165, 1.54) is 12.8 Å². The maximum Gasteiger partial charge on any atom is 0.224 e. The van der Waals surface area contributed by atoms with Crippen LogP contribution in [0.4, 0.5) is 11.8 Å². The molecule has 2 fully saturated rings. The Bertz CT molecular complexity index is 1220. The number of anilines is 2. The summed E-state index contributed by atoms with van der Waals surface area (Å²) in [5.74, 6) is 1.42. The molecular weight excluding hydrogens is 464 g/mol. The molecule has 3 heterocycles. The molecule has 1 unspecified atom stereocenters. The molecule has 3 aromatic heterocycles. The average Bonchev–Trinajstić information content (AvgIpc) is 3.43. The van der Waals surface area contributed by atoms with Crippen LogP contribution in [0, 0.1) is 25.7 Å². The Hall–Kier alpha value is -2.40. The summed E-state index contributed by atoms with van der Waals surface area (Å²) in [6, 6.07) is 1.47. The van der Waals surface area contributed by atoms with Crippen LogP contribution in [0.15, 0.2) is 12.3 Å². The van der Waals surface area contributed by atoms with Crippen molar-refractivity contribution in [3.63, 3.8) is 0 Å². The zero-order valence-electron chi connectivity index (χ0n) is 20.6. The van der Waals surface area contributed by atoms with Gasteiger partial charge in [-0.05, 0) is 52.5 Å². The number of aryl methyl sites for hydroxylation is 2. The quantitative estimate of drug-likeness (QED) is 0.317. The largest absolute Gasteiger partial charge is 0.390 e. The van der Waals surface area contributed by atoms with Crippen LogP contribution >= 0.6 is 11.3 Å². The van der Waals surface area contributed by atoms with Crippen LogP contribution in [0.1, 0.15) is 50.9 Å². The first-order valence-electron chi connectivity index (χ1n) is 12.3. The molecule has 0 aliphatic heterocycles. The van der Waals surface area contributed by atoms with Crippen LogP contribution in [0.2, 0.25) is 0 Å².